The number of anilines is 1. The standard InChI is InChI=1S/C11H17FN4O/c1-7(2)4-13-10(17)8(3)16-11-14-5-9(12)6-15-11/h5-8H,4H2,1-3H3,(H,13,17)(H,14,15,16). The van der Waals surface area contributed by atoms with E-state index in [4.69, 9.17) is 0 Å². The molecule has 1 heterocycles. The average Bonchev–Trinajstić information content (AvgIpc) is 2.28. The van der Waals surface area contributed by atoms with E-state index in [1.807, 2.05) is 13.8 Å². The van der Waals surface area contributed by atoms with Crippen LogP contribution >= 0.6 is 0 Å². The largest absolute Gasteiger partial charge is 0.354 e. The third kappa shape index (κ3) is 4.76. The lowest BCUT2D eigenvalue weighted by atomic mass is 10.2. The van der Waals surface area contributed by atoms with Crippen molar-refractivity contribution in [1.82, 2.24) is 15.3 Å². The number of amides is 1. The zero-order valence-electron chi connectivity index (χ0n) is 10.2. The Morgan fingerprint density at radius 2 is 1.94 bits per heavy atom. The van der Waals surface area contributed by atoms with Crippen LogP contribution in [-0.4, -0.2) is 28.5 Å². The van der Waals surface area contributed by atoms with Gasteiger partial charge in [-0.05, 0) is 12.8 Å². The van der Waals surface area contributed by atoms with Gasteiger partial charge >= 0.3 is 0 Å². The van der Waals surface area contributed by atoms with Crippen LogP contribution in [-0.2, 0) is 4.79 Å². The molecule has 1 aromatic heterocycles. The molecule has 0 bridgehead atoms. The maximum Gasteiger partial charge on any atom is 0.242 e. The van der Waals surface area contributed by atoms with Gasteiger partial charge in [0.05, 0.1) is 12.4 Å². The zero-order valence-corrected chi connectivity index (χ0v) is 10.2. The lowest BCUT2D eigenvalue weighted by molar-refractivity contribution is -0.121. The molecule has 6 heteroatoms. The quantitative estimate of drug-likeness (QED) is 0.811. The highest BCUT2D eigenvalue weighted by atomic mass is 19.1. The highest BCUT2D eigenvalue weighted by Gasteiger charge is 2.13. The molecule has 0 radical (unpaired) electrons. The van der Waals surface area contributed by atoms with Crippen LogP contribution in [0, 0.1) is 11.7 Å². The smallest absolute Gasteiger partial charge is 0.242 e. The highest BCUT2D eigenvalue weighted by Crippen LogP contribution is 2.01. The van der Waals surface area contributed by atoms with Crippen LogP contribution in [0.2, 0.25) is 0 Å². The fourth-order valence-electron chi connectivity index (χ4n) is 1.10. The Morgan fingerprint density at radius 1 is 1.35 bits per heavy atom. The molecular weight excluding hydrogens is 223 g/mol. The van der Waals surface area contributed by atoms with Crippen LogP contribution in [0.1, 0.15) is 20.8 Å². The molecule has 0 saturated heterocycles. The van der Waals surface area contributed by atoms with E-state index >= 15 is 0 Å². The normalized spacial score (nSPS) is 12.3. The number of hydrogen-bond donors (Lipinski definition) is 2. The first-order valence-corrected chi connectivity index (χ1v) is 5.51. The molecule has 1 atom stereocenters. The van der Waals surface area contributed by atoms with Crippen LogP contribution in [0.15, 0.2) is 12.4 Å². The molecule has 5 nitrogen and oxygen atoms in total. The van der Waals surface area contributed by atoms with E-state index in [2.05, 4.69) is 20.6 Å². The van der Waals surface area contributed by atoms with Gasteiger partial charge in [0.2, 0.25) is 11.9 Å². The average molecular weight is 240 g/mol. The molecule has 2 N–H and O–H groups in total. The van der Waals surface area contributed by atoms with Gasteiger partial charge in [0.15, 0.2) is 5.82 Å². The van der Waals surface area contributed by atoms with E-state index in [9.17, 15) is 9.18 Å². The van der Waals surface area contributed by atoms with Crippen LogP contribution in [0.5, 0.6) is 0 Å². The first-order valence-electron chi connectivity index (χ1n) is 5.51. The minimum Gasteiger partial charge on any atom is -0.354 e. The Morgan fingerprint density at radius 3 is 2.47 bits per heavy atom. The molecule has 0 aromatic carbocycles. The predicted octanol–water partition coefficient (Wildman–Crippen LogP) is 1.19. The summed E-state index contributed by atoms with van der Waals surface area (Å²) < 4.78 is 12.6. The van der Waals surface area contributed by atoms with Crippen LogP contribution in [0.3, 0.4) is 0 Å². The van der Waals surface area contributed by atoms with Gasteiger partial charge in [-0.3, -0.25) is 4.79 Å². The molecule has 1 rings (SSSR count). The van der Waals surface area contributed by atoms with E-state index in [-0.39, 0.29) is 11.9 Å². The molecule has 0 saturated carbocycles. The van der Waals surface area contributed by atoms with E-state index in [1.165, 1.54) is 0 Å². The molecule has 1 unspecified atom stereocenters. The second-order valence-corrected chi connectivity index (χ2v) is 4.23. The van der Waals surface area contributed by atoms with Gasteiger partial charge in [0, 0.05) is 6.54 Å². The first-order chi connectivity index (χ1) is 7.99. The Labute approximate surface area is 99.9 Å². The number of nitrogens with one attached hydrogen (secondary N) is 2. The second-order valence-electron chi connectivity index (χ2n) is 4.23. The van der Waals surface area contributed by atoms with Crippen molar-refractivity contribution < 1.29 is 9.18 Å². The van der Waals surface area contributed by atoms with Crippen molar-refractivity contribution in [2.24, 2.45) is 5.92 Å². The number of aromatic nitrogens is 2. The van der Waals surface area contributed by atoms with E-state index in [1.54, 1.807) is 6.92 Å². The summed E-state index contributed by atoms with van der Waals surface area (Å²) in [5.74, 6) is -0.00842. The van der Waals surface area contributed by atoms with E-state index in [0.717, 1.165) is 12.4 Å². The molecule has 0 aliphatic carbocycles. The fourth-order valence-corrected chi connectivity index (χ4v) is 1.10. The number of rotatable bonds is 5. The fraction of sp³-hybridized carbons (Fsp3) is 0.545. The van der Waals surface area contributed by atoms with Gasteiger partial charge in [-0.15, -0.1) is 0 Å². The van der Waals surface area contributed by atoms with Crippen LogP contribution in [0.25, 0.3) is 0 Å². The molecule has 1 aromatic rings. The molecule has 17 heavy (non-hydrogen) atoms. The van der Waals surface area contributed by atoms with E-state index in [0.29, 0.717) is 12.5 Å². The van der Waals surface area contributed by atoms with E-state index < -0.39 is 11.9 Å². The zero-order chi connectivity index (χ0) is 12.8. The molecule has 0 aliphatic heterocycles. The van der Waals surface area contributed by atoms with Gasteiger partial charge in [0.1, 0.15) is 6.04 Å². The van der Waals surface area contributed by atoms with Gasteiger partial charge < -0.3 is 10.6 Å². The molecule has 94 valence electrons. The maximum absolute atomic E-state index is 12.6. The van der Waals surface area contributed by atoms with Crippen molar-refractivity contribution in [3.05, 3.63) is 18.2 Å². The minimum absolute atomic E-state index is 0.133. The Balaban J connectivity index is 2.45. The summed E-state index contributed by atoms with van der Waals surface area (Å²) in [5.41, 5.74) is 0. The van der Waals surface area contributed by atoms with Gasteiger partial charge in [0.25, 0.3) is 0 Å². The third-order valence-electron chi connectivity index (χ3n) is 2.04. The molecule has 1 amide bonds. The summed E-state index contributed by atoms with van der Waals surface area (Å²) >= 11 is 0. The Bertz CT molecular complexity index is 366. The minimum atomic E-state index is -0.507. The van der Waals surface area contributed by atoms with Crippen molar-refractivity contribution in [2.75, 3.05) is 11.9 Å². The molecule has 0 spiro atoms. The Hall–Kier alpha value is -1.72. The van der Waals surface area contributed by atoms with Crippen LogP contribution in [0.4, 0.5) is 10.3 Å². The van der Waals surface area contributed by atoms with Crippen molar-refractivity contribution in [3.63, 3.8) is 0 Å². The topological polar surface area (TPSA) is 66.9 Å². The maximum atomic E-state index is 12.6. The summed E-state index contributed by atoms with van der Waals surface area (Å²) in [7, 11) is 0. The number of carbonyl (C=O) groups is 1. The summed E-state index contributed by atoms with van der Waals surface area (Å²) in [5, 5.41) is 5.57. The second kappa shape index (κ2) is 6.12. The lowest BCUT2D eigenvalue weighted by Crippen LogP contribution is -2.39. The number of halogens is 1. The van der Waals surface area contributed by atoms with Crippen molar-refractivity contribution in [2.45, 2.75) is 26.8 Å². The third-order valence-corrected chi connectivity index (χ3v) is 2.04. The van der Waals surface area contributed by atoms with Crippen molar-refractivity contribution in [1.29, 1.82) is 0 Å². The van der Waals surface area contributed by atoms with Gasteiger partial charge in [-0.2, -0.15) is 0 Å². The number of nitrogens with zero attached hydrogens (tertiary/aromatic N) is 2. The molecule has 0 aliphatic rings. The Kier molecular flexibility index (Phi) is 4.81. The summed E-state index contributed by atoms with van der Waals surface area (Å²) in [6.45, 7) is 6.35. The van der Waals surface area contributed by atoms with Crippen molar-refractivity contribution >= 4 is 11.9 Å². The van der Waals surface area contributed by atoms with Crippen molar-refractivity contribution in [3.8, 4) is 0 Å². The van der Waals surface area contributed by atoms with Crippen LogP contribution < -0.4 is 10.6 Å². The van der Waals surface area contributed by atoms with Gasteiger partial charge in [-0.1, -0.05) is 13.8 Å². The highest BCUT2D eigenvalue weighted by molar-refractivity contribution is 5.83. The SMILES string of the molecule is CC(C)CNC(=O)C(C)Nc1ncc(F)cn1. The summed E-state index contributed by atoms with van der Waals surface area (Å²) in [6, 6.07) is -0.459. The van der Waals surface area contributed by atoms with Gasteiger partial charge in [-0.25, -0.2) is 14.4 Å². The summed E-state index contributed by atoms with van der Waals surface area (Å²) in [4.78, 5) is 19.1. The first kappa shape index (κ1) is 13.3. The molecular formula is C11H17FN4O. The molecule has 0 fully saturated rings. The number of carbonyl (C=O) groups excluding carboxylic acids is 1. The predicted molar refractivity (Wildman–Crippen MR) is 62.9 cm³/mol. The summed E-state index contributed by atoms with van der Waals surface area (Å²) in [6.07, 6.45) is 2.10. The number of hydrogen-bond acceptors (Lipinski definition) is 4. The monoisotopic (exact) mass is 240 g/mol. The lowest BCUT2D eigenvalue weighted by Gasteiger charge is -2.14.